The van der Waals surface area contributed by atoms with Crippen LogP contribution in [0.2, 0.25) is 5.02 Å². The molecule has 0 bridgehead atoms. The van der Waals surface area contributed by atoms with Crippen LogP contribution >= 0.6 is 11.6 Å². The van der Waals surface area contributed by atoms with Gasteiger partial charge in [-0.25, -0.2) is 4.98 Å². The summed E-state index contributed by atoms with van der Waals surface area (Å²) in [5.74, 6) is 3.26. The fraction of sp³-hybridized carbons (Fsp3) is 0.545. The van der Waals surface area contributed by atoms with E-state index in [1.807, 2.05) is 39.1 Å². The summed E-state index contributed by atoms with van der Waals surface area (Å²) in [6.45, 7) is 8.67. The Morgan fingerprint density at radius 3 is 2.66 bits per heavy atom. The van der Waals surface area contributed by atoms with Crippen molar-refractivity contribution in [3.8, 4) is 0 Å². The smallest absolute Gasteiger partial charge is 0.208 e. The Bertz CT molecular complexity index is 792. The fourth-order valence-corrected chi connectivity index (χ4v) is 3.86. The molecule has 2 aromatic rings. The zero-order valence-electron chi connectivity index (χ0n) is 17.7. The fourth-order valence-electron chi connectivity index (χ4n) is 3.63. The molecular formula is C22H32ClN5O. The van der Waals surface area contributed by atoms with Crippen LogP contribution in [0.3, 0.4) is 0 Å². The number of hydrogen-bond acceptors (Lipinski definition) is 4. The Hall–Kier alpha value is -2.05. The van der Waals surface area contributed by atoms with Crippen LogP contribution in [0.4, 0.5) is 0 Å². The highest BCUT2D eigenvalue weighted by Gasteiger charge is 2.21. The molecular weight excluding hydrogens is 386 g/mol. The minimum absolute atomic E-state index is 0.654. The van der Waals surface area contributed by atoms with Crippen molar-refractivity contribution in [1.82, 2.24) is 20.5 Å². The first kappa shape index (κ1) is 21.7. The Morgan fingerprint density at radius 2 is 2.00 bits per heavy atom. The number of aromatic nitrogens is 1. The Balaban J connectivity index is 1.34. The van der Waals surface area contributed by atoms with Gasteiger partial charge in [-0.2, -0.15) is 0 Å². The lowest BCUT2D eigenvalue weighted by Crippen LogP contribution is -2.43. The zero-order valence-corrected chi connectivity index (χ0v) is 18.4. The van der Waals surface area contributed by atoms with Gasteiger partial charge in [0.15, 0.2) is 5.96 Å². The second-order valence-electron chi connectivity index (χ2n) is 7.69. The van der Waals surface area contributed by atoms with E-state index in [-0.39, 0.29) is 0 Å². The van der Waals surface area contributed by atoms with Crippen LogP contribution in [0.5, 0.6) is 0 Å². The van der Waals surface area contributed by atoms with Crippen LogP contribution in [0.25, 0.3) is 0 Å². The number of halogens is 1. The van der Waals surface area contributed by atoms with Crippen molar-refractivity contribution < 1.29 is 4.42 Å². The molecule has 0 saturated carbocycles. The summed E-state index contributed by atoms with van der Waals surface area (Å²) < 4.78 is 5.72. The third kappa shape index (κ3) is 6.47. The number of benzene rings is 1. The Kier molecular flexibility index (Phi) is 7.95. The van der Waals surface area contributed by atoms with Crippen molar-refractivity contribution >= 4 is 17.6 Å². The van der Waals surface area contributed by atoms with Crippen LogP contribution in [0.1, 0.15) is 35.7 Å². The number of nitrogens with zero attached hydrogens (tertiary/aromatic N) is 3. The molecule has 2 heterocycles. The molecule has 1 aliphatic rings. The lowest BCUT2D eigenvalue weighted by atomic mass is 9.97. The molecule has 1 aromatic heterocycles. The average Bonchev–Trinajstić information content (AvgIpc) is 3.04. The number of nitrogens with one attached hydrogen (secondary N) is 2. The number of piperidine rings is 1. The first-order chi connectivity index (χ1) is 14.0. The molecule has 0 amide bonds. The van der Waals surface area contributed by atoms with Crippen molar-refractivity contribution in [2.75, 3.05) is 33.2 Å². The summed E-state index contributed by atoms with van der Waals surface area (Å²) in [5.41, 5.74) is 2.15. The maximum Gasteiger partial charge on any atom is 0.208 e. The topological polar surface area (TPSA) is 65.7 Å². The number of rotatable bonds is 7. The van der Waals surface area contributed by atoms with Crippen molar-refractivity contribution in [3.63, 3.8) is 0 Å². The first-order valence-corrected chi connectivity index (χ1v) is 10.8. The van der Waals surface area contributed by atoms with E-state index < -0.39 is 0 Å². The lowest BCUT2D eigenvalue weighted by Gasteiger charge is -2.31. The lowest BCUT2D eigenvalue weighted by molar-refractivity contribution is 0.164. The summed E-state index contributed by atoms with van der Waals surface area (Å²) >= 11 is 6.22. The standard InChI is InChI=1S/C22H32ClN5O/c1-16-17(2)29-21(27-16)15-28-12-9-18(10-13-28)14-26-22(24-3)25-11-8-19-6-4-5-7-20(19)23/h4-7,18H,8-15H2,1-3H3,(H2,24,25,26). The van der Waals surface area contributed by atoms with Crippen LogP contribution < -0.4 is 10.6 Å². The molecule has 1 saturated heterocycles. The van der Waals surface area contributed by atoms with Gasteiger partial charge in [0.25, 0.3) is 0 Å². The molecule has 6 nitrogen and oxygen atoms in total. The molecule has 0 spiro atoms. The SMILES string of the molecule is CN=C(NCCc1ccccc1Cl)NCC1CCN(Cc2nc(C)c(C)o2)CC1. The Morgan fingerprint density at radius 1 is 1.24 bits per heavy atom. The maximum absolute atomic E-state index is 6.22. The number of hydrogen-bond donors (Lipinski definition) is 2. The predicted octanol–water partition coefficient (Wildman–Crippen LogP) is 3.56. The van der Waals surface area contributed by atoms with E-state index in [2.05, 4.69) is 31.6 Å². The van der Waals surface area contributed by atoms with E-state index >= 15 is 0 Å². The second kappa shape index (κ2) is 10.6. The molecule has 1 fully saturated rings. The normalized spacial score (nSPS) is 16.2. The number of likely N-dealkylation sites (tertiary alicyclic amines) is 1. The van der Waals surface area contributed by atoms with Crippen molar-refractivity contribution in [3.05, 3.63) is 52.2 Å². The molecule has 158 valence electrons. The van der Waals surface area contributed by atoms with Gasteiger partial charge in [-0.3, -0.25) is 9.89 Å². The highest BCUT2D eigenvalue weighted by atomic mass is 35.5. The highest BCUT2D eigenvalue weighted by Crippen LogP contribution is 2.19. The molecule has 0 radical (unpaired) electrons. The quantitative estimate of drug-likeness (QED) is 0.532. The van der Waals surface area contributed by atoms with Gasteiger partial charge in [0.05, 0.1) is 12.2 Å². The predicted molar refractivity (Wildman–Crippen MR) is 118 cm³/mol. The van der Waals surface area contributed by atoms with Gasteiger partial charge in [0.2, 0.25) is 5.89 Å². The van der Waals surface area contributed by atoms with Gasteiger partial charge in [0.1, 0.15) is 5.76 Å². The van der Waals surface area contributed by atoms with E-state index in [4.69, 9.17) is 16.0 Å². The molecule has 0 aliphatic carbocycles. The molecule has 1 aromatic carbocycles. The average molecular weight is 418 g/mol. The maximum atomic E-state index is 6.22. The van der Waals surface area contributed by atoms with E-state index in [0.717, 1.165) is 73.0 Å². The van der Waals surface area contributed by atoms with Gasteiger partial charge < -0.3 is 15.1 Å². The van der Waals surface area contributed by atoms with E-state index in [0.29, 0.717) is 5.92 Å². The van der Waals surface area contributed by atoms with E-state index in [1.54, 1.807) is 0 Å². The molecule has 2 N–H and O–H groups in total. The van der Waals surface area contributed by atoms with E-state index in [9.17, 15) is 0 Å². The van der Waals surface area contributed by atoms with Crippen LogP contribution in [-0.2, 0) is 13.0 Å². The molecule has 1 aliphatic heterocycles. The van der Waals surface area contributed by atoms with Gasteiger partial charge in [-0.05, 0) is 63.7 Å². The van der Waals surface area contributed by atoms with Crippen LogP contribution in [-0.4, -0.2) is 49.1 Å². The molecule has 3 rings (SSSR count). The summed E-state index contributed by atoms with van der Waals surface area (Å²) in [4.78, 5) is 11.3. The largest absolute Gasteiger partial charge is 0.444 e. The first-order valence-electron chi connectivity index (χ1n) is 10.4. The van der Waals surface area contributed by atoms with Gasteiger partial charge in [-0.1, -0.05) is 29.8 Å². The Labute approximate surface area is 178 Å². The summed E-state index contributed by atoms with van der Waals surface area (Å²) in [7, 11) is 1.81. The van der Waals surface area contributed by atoms with Gasteiger partial charge in [-0.15, -0.1) is 0 Å². The number of guanidine groups is 1. The second-order valence-corrected chi connectivity index (χ2v) is 8.10. The van der Waals surface area contributed by atoms with Gasteiger partial charge >= 0.3 is 0 Å². The zero-order chi connectivity index (χ0) is 20.6. The number of oxazole rings is 1. The minimum atomic E-state index is 0.654. The summed E-state index contributed by atoms with van der Waals surface area (Å²) in [6, 6.07) is 7.97. The summed E-state index contributed by atoms with van der Waals surface area (Å²) in [6.07, 6.45) is 3.21. The monoisotopic (exact) mass is 417 g/mol. The van der Waals surface area contributed by atoms with Crippen LogP contribution in [0, 0.1) is 19.8 Å². The summed E-state index contributed by atoms with van der Waals surface area (Å²) in [5, 5.41) is 7.67. The highest BCUT2D eigenvalue weighted by molar-refractivity contribution is 6.31. The third-order valence-corrected chi connectivity index (χ3v) is 5.93. The molecule has 0 atom stereocenters. The van der Waals surface area contributed by atoms with Gasteiger partial charge in [0, 0.05) is 25.2 Å². The number of aryl methyl sites for hydroxylation is 2. The van der Waals surface area contributed by atoms with Crippen LogP contribution in [0.15, 0.2) is 33.7 Å². The third-order valence-electron chi connectivity index (χ3n) is 5.57. The van der Waals surface area contributed by atoms with Crippen molar-refractivity contribution in [1.29, 1.82) is 0 Å². The van der Waals surface area contributed by atoms with E-state index in [1.165, 1.54) is 12.8 Å². The molecule has 7 heteroatoms. The minimum Gasteiger partial charge on any atom is -0.444 e. The molecule has 0 unspecified atom stereocenters. The number of aliphatic imine (C=N–C) groups is 1. The van der Waals surface area contributed by atoms with Crippen molar-refractivity contribution in [2.24, 2.45) is 10.9 Å². The molecule has 29 heavy (non-hydrogen) atoms. The van der Waals surface area contributed by atoms with Crippen molar-refractivity contribution in [2.45, 2.75) is 39.7 Å².